The molecular formula is C18H15N5O2. The largest absolute Gasteiger partial charge is 0.383 e. The summed E-state index contributed by atoms with van der Waals surface area (Å²) in [5, 5.41) is 23.5. The van der Waals surface area contributed by atoms with Crippen molar-refractivity contribution in [3.8, 4) is 6.07 Å². The second-order valence-corrected chi connectivity index (χ2v) is 5.44. The van der Waals surface area contributed by atoms with E-state index in [4.69, 9.17) is 0 Å². The molecule has 0 fully saturated rings. The number of nitrogens with zero attached hydrogens (tertiary/aromatic N) is 4. The van der Waals surface area contributed by atoms with E-state index >= 15 is 0 Å². The topological polar surface area (TPSA) is 96.8 Å². The second kappa shape index (κ2) is 6.45. The predicted octanol–water partition coefficient (Wildman–Crippen LogP) is 3.59. The summed E-state index contributed by atoms with van der Waals surface area (Å²) in [5.74, 6) is 0.518. The fraction of sp³-hybridized carbons (Fsp3) is 0.111. The van der Waals surface area contributed by atoms with Crippen molar-refractivity contribution in [3.63, 3.8) is 0 Å². The van der Waals surface area contributed by atoms with Gasteiger partial charge in [0, 0.05) is 20.2 Å². The van der Waals surface area contributed by atoms with Gasteiger partial charge in [-0.2, -0.15) is 5.26 Å². The van der Waals surface area contributed by atoms with Gasteiger partial charge in [-0.1, -0.05) is 18.2 Å². The number of anilines is 1. The molecule has 1 aromatic heterocycles. The van der Waals surface area contributed by atoms with Crippen LogP contribution in [-0.2, 0) is 7.05 Å². The molecule has 0 spiro atoms. The third-order valence-corrected chi connectivity index (χ3v) is 3.95. The second-order valence-electron chi connectivity index (χ2n) is 5.44. The summed E-state index contributed by atoms with van der Waals surface area (Å²) in [5.41, 5.74) is 2.98. The number of aryl methyl sites for hydroxylation is 1. The van der Waals surface area contributed by atoms with Gasteiger partial charge in [0.05, 0.1) is 21.5 Å². The highest BCUT2D eigenvalue weighted by atomic mass is 16.6. The molecule has 3 aromatic rings. The van der Waals surface area contributed by atoms with Crippen molar-refractivity contribution >= 4 is 34.1 Å². The zero-order chi connectivity index (χ0) is 18.0. The minimum atomic E-state index is -0.454. The number of rotatable bonds is 4. The first-order valence-electron chi connectivity index (χ1n) is 7.55. The van der Waals surface area contributed by atoms with Crippen LogP contribution < -0.4 is 5.32 Å². The van der Waals surface area contributed by atoms with Crippen LogP contribution >= 0.6 is 0 Å². The zero-order valence-electron chi connectivity index (χ0n) is 13.7. The van der Waals surface area contributed by atoms with Crippen molar-refractivity contribution < 1.29 is 4.92 Å². The Labute approximate surface area is 144 Å². The molecule has 0 aliphatic heterocycles. The van der Waals surface area contributed by atoms with Gasteiger partial charge in [0.2, 0.25) is 0 Å². The van der Waals surface area contributed by atoms with Gasteiger partial charge in [-0.05, 0) is 29.8 Å². The summed E-state index contributed by atoms with van der Waals surface area (Å²) in [7, 11) is 3.46. The van der Waals surface area contributed by atoms with Crippen LogP contribution in [0.1, 0.15) is 11.4 Å². The van der Waals surface area contributed by atoms with E-state index in [0.29, 0.717) is 22.6 Å². The van der Waals surface area contributed by atoms with Crippen molar-refractivity contribution in [1.29, 1.82) is 5.26 Å². The third-order valence-electron chi connectivity index (χ3n) is 3.95. The number of nitro groups is 1. The fourth-order valence-electron chi connectivity index (χ4n) is 2.70. The lowest BCUT2D eigenvalue weighted by molar-refractivity contribution is -0.383. The monoisotopic (exact) mass is 333 g/mol. The molecule has 7 heteroatoms. The van der Waals surface area contributed by atoms with E-state index in [1.807, 2.05) is 35.9 Å². The number of benzene rings is 2. The van der Waals surface area contributed by atoms with Crippen LogP contribution in [0, 0.1) is 21.4 Å². The molecule has 0 amide bonds. The highest BCUT2D eigenvalue weighted by Gasteiger charge is 2.15. The van der Waals surface area contributed by atoms with E-state index in [-0.39, 0.29) is 5.69 Å². The van der Waals surface area contributed by atoms with Crippen molar-refractivity contribution in [3.05, 3.63) is 64.0 Å². The van der Waals surface area contributed by atoms with Crippen LogP contribution in [0.4, 0.5) is 11.4 Å². The molecule has 1 N–H and O–H groups in total. The molecule has 25 heavy (non-hydrogen) atoms. The number of nitrogens with one attached hydrogen (secondary N) is 1. The summed E-state index contributed by atoms with van der Waals surface area (Å²) in [4.78, 5) is 15.2. The summed E-state index contributed by atoms with van der Waals surface area (Å²) < 4.78 is 1.83. The lowest BCUT2D eigenvalue weighted by Crippen LogP contribution is -1.98. The van der Waals surface area contributed by atoms with E-state index in [0.717, 1.165) is 11.0 Å². The molecule has 7 nitrogen and oxygen atoms in total. The quantitative estimate of drug-likeness (QED) is 0.447. The molecule has 0 radical (unpaired) electrons. The smallest absolute Gasteiger partial charge is 0.292 e. The first-order chi connectivity index (χ1) is 12.0. The van der Waals surface area contributed by atoms with Crippen LogP contribution in [0.3, 0.4) is 0 Å². The minimum Gasteiger partial charge on any atom is -0.383 e. The van der Waals surface area contributed by atoms with Crippen LogP contribution in [0.25, 0.3) is 22.7 Å². The average Bonchev–Trinajstić information content (AvgIpc) is 2.96. The van der Waals surface area contributed by atoms with Gasteiger partial charge in [0.15, 0.2) is 5.82 Å². The van der Waals surface area contributed by atoms with Gasteiger partial charge in [0.1, 0.15) is 11.8 Å². The highest BCUT2D eigenvalue weighted by molar-refractivity contribution is 5.91. The zero-order valence-corrected chi connectivity index (χ0v) is 13.7. The molecule has 3 rings (SSSR count). The lowest BCUT2D eigenvalue weighted by atomic mass is 10.1. The number of hydrogen-bond acceptors (Lipinski definition) is 5. The van der Waals surface area contributed by atoms with E-state index in [9.17, 15) is 15.4 Å². The number of imidazole rings is 1. The Morgan fingerprint density at radius 3 is 2.76 bits per heavy atom. The number of allylic oxidation sites excluding steroid dienone is 1. The maximum atomic E-state index is 11.2. The van der Waals surface area contributed by atoms with Gasteiger partial charge in [-0.3, -0.25) is 10.1 Å². The van der Waals surface area contributed by atoms with Crippen molar-refractivity contribution in [2.24, 2.45) is 7.05 Å². The van der Waals surface area contributed by atoms with E-state index in [1.165, 1.54) is 6.07 Å². The lowest BCUT2D eigenvalue weighted by Gasteiger charge is -2.04. The Hall–Kier alpha value is -3.66. The van der Waals surface area contributed by atoms with Gasteiger partial charge >= 0.3 is 0 Å². The minimum absolute atomic E-state index is 0.0430. The van der Waals surface area contributed by atoms with Crippen LogP contribution in [0.15, 0.2) is 42.5 Å². The normalized spacial score (nSPS) is 11.3. The van der Waals surface area contributed by atoms with Crippen LogP contribution in [0.2, 0.25) is 0 Å². The van der Waals surface area contributed by atoms with Gasteiger partial charge < -0.3 is 9.88 Å². The molecule has 124 valence electrons. The standard InChI is InChI=1S/C18H15N5O2/c1-20-14-8-7-12(10-17(14)23(24)25)9-13(11-19)18-21-15-5-3-4-6-16(15)22(18)2/h3-10,20H,1-2H3. The maximum Gasteiger partial charge on any atom is 0.292 e. The first-order valence-corrected chi connectivity index (χ1v) is 7.55. The number of para-hydroxylation sites is 2. The summed E-state index contributed by atoms with van der Waals surface area (Å²) in [6.07, 6.45) is 1.60. The van der Waals surface area contributed by atoms with E-state index in [1.54, 1.807) is 25.3 Å². The first kappa shape index (κ1) is 16.2. The van der Waals surface area contributed by atoms with Crippen molar-refractivity contribution in [2.45, 2.75) is 0 Å². The molecule has 0 saturated heterocycles. The van der Waals surface area contributed by atoms with Crippen molar-refractivity contribution in [2.75, 3.05) is 12.4 Å². The fourth-order valence-corrected chi connectivity index (χ4v) is 2.70. The summed E-state index contributed by atoms with van der Waals surface area (Å²) in [6.45, 7) is 0. The van der Waals surface area contributed by atoms with E-state index in [2.05, 4.69) is 16.4 Å². The Morgan fingerprint density at radius 2 is 2.12 bits per heavy atom. The molecule has 1 heterocycles. The number of nitriles is 1. The molecule has 0 aliphatic carbocycles. The van der Waals surface area contributed by atoms with E-state index < -0.39 is 4.92 Å². The number of nitro benzene ring substituents is 1. The molecule has 0 unspecified atom stereocenters. The van der Waals surface area contributed by atoms with Gasteiger partial charge in [-0.25, -0.2) is 4.98 Å². The SMILES string of the molecule is CNc1ccc(C=C(C#N)c2nc3ccccc3n2C)cc1[N+](=O)[O-]. The number of fused-ring (bicyclic) bond motifs is 1. The summed E-state index contributed by atoms with van der Waals surface area (Å²) in [6, 6.07) is 14.5. The Kier molecular flexibility index (Phi) is 4.18. The van der Waals surface area contributed by atoms with Gasteiger partial charge in [-0.15, -0.1) is 0 Å². The average molecular weight is 333 g/mol. The van der Waals surface area contributed by atoms with Gasteiger partial charge in [0.25, 0.3) is 5.69 Å². The van der Waals surface area contributed by atoms with Crippen molar-refractivity contribution in [1.82, 2.24) is 9.55 Å². The summed E-state index contributed by atoms with van der Waals surface area (Å²) >= 11 is 0. The molecule has 0 aliphatic rings. The molecule has 0 atom stereocenters. The predicted molar refractivity (Wildman–Crippen MR) is 96.8 cm³/mol. The molecule has 0 saturated carbocycles. The third kappa shape index (κ3) is 2.93. The number of hydrogen-bond donors (Lipinski definition) is 1. The van der Waals surface area contributed by atoms with Crippen LogP contribution in [-0.4, -0.2) is 21.5 Å². The molecular weight excluding hydrogens is 318 g/mol. The Bertz CT molecular complexity index is 1040. The molecule has 0 bridgehead atoms. The highest BCUT2D eigenvalue weighted by Crippen LogP contribution is 2.28. The Balaban J connectivity index is 2.12. The Morgan fingerprint density at radius 1 is 1.36 bits per heavy atom. The molecule has 2 aromatic carbocycles. The van der Waals surface area contributed by atoms with Crippen LogP contribution in [0.5, 0.6) is 0 Å². The maximum absolute atomic E-state index is 11.2. The number of aromatic nitrogens is 2.